The van der Waals surface area contributed by atoms with Gasteiger partial charge in [0.1, 0.15) is 12.4 Å². The van der Waals surface area contributed by atoms with Gasteiger partial charge in [-0.1, -0.05) is 48.5 Å². The van der Waals surface area contributed by atoms with Gasteiger partial charge in [-0.05, 0) is 46.5 Å². The van der Waals surface area contributed by atoms with Crippen molar-refractivity contribution in [1.29, 1.82) is 0 Å². The second kappa shape index (κ2) is 6.44. The van der Waals surface area contributed by atoms with Crippen LogP contribution in [0.3, 0.4) is 0 Å². The summed E-state index contributed by atoms with van der Waals surface area (Å²) in [7, 11) is 1.60. The molecule has 0 radical (unpaired) electrons. The number of carbonyl (C=O) groups is 1. The summed E-state index contributed by atoms with van der Waals surface area (Å²) in [5.41, 5.74) is 5.41. The van der Waals surface area contributed by atoms with Gasteiger partial charge in [-0.2, -0.15) is 0 Å². The Morgan fingerprint density at radius 3 is 1.96 bits per heavy atom. The van der Waals surface area contributed by atoms with Gasteiger partial charge in [-0.25, -0.2) is 4.79 Å². The maximum Gasteiger partial charge on any atom is 0.338 e. The molecule has 3 aromatic rings. The first-order chi connectivity index (χ1) is 12.3. The maximum atomic E-state index is 12.4. The monoisotopic (exact) mass is 330 g/mol. The molecule has 3 heteroatoms. The lowest BCUT2D eigenvalue weighted by atomic mass is 9.98. The van der Waals surface area contributed by atoms with Crippen LogP contribution in [0.2, 0.25) is 0 Å². The van der Waals surface area contributed by atoms with Crippen LogP contribution in [0, 0.1) is 0 Å². The normalized spacial score (nSPS) is 12.4. The second-order valence-corrected chi connectivity index (χ2v) is 6.05. The van der Waals surface area contributed by atoms with Gasteiger partial charge in [0.25, 0.3) is 0 Å². The molecular formula is C22H18O3. The molecule has 0 N–H and O–H groups in total. The molecule has 0 amide bonds. The summed E-state index contributed by atoms with van der Waals surface area (Å²) >= 11 is 0. The second-order valence-electron chi connectivity index (χ2n) is 6.05. The molecule has 0 atom stereocenters. The Morgan fingerprint density at radius 2 is 1.40 bits per heavy atom. The highest BCUT2D eigenvalue weighted by Crippen LogP contribution is 2.44. The first-order valence-electron chi connectivity index (χ1n) is 8.27. The lowest BCUT2D eigenvalue weighted by Gasteiger charge is -2.14. The van der Waals surface area contributed by atoms with Gasteiger partial charge in [-0.15, -0.1) is 0 Å². The fourth-order valence-electron chi connectivity index (χ4n) is 3.41. The Kier molecular flexibility index (Phi) is 3.98. The zero-order valence-corrected chi connectivity index (χ0v) is 13.9. The van der Waals surface area contributed by atoms with Gasteiger partial charge >= 0.3 is 5.97 Å². The van der Waals surface area contributed by atoms with E-state index in [-0.39, 0.29) is 11.9 Å². The zero-order valence-electron chi connectivity index (χ0n) is 13.9. The third kappa shape index (κ3) is 2.78. The molecule has 0 saturated carbocycles. The Bertz CT molecular complexity index is 867. The van der Waals surface area contributed by atoms with Crippen molar-refractivity contribution >= 4 is 5.97 Å². The van der Waals surface area contributed by atoms with Crippen molar-refractivity contribution in [3.63, 3.8) is 0 Å². The van der Waals surface area contributed by atoms with Gasteiger partial charge in [0.2, 0.25) is 0 Å². The average molecular weight is 330 g/mol. The van der Waals surface area contributed by atoms with E-state index < -0.39 is 0 Å². The van der Waals surface area contributed by atoms with Crippen molar-refractivity contribution < 1.29 is 14.3 Å². The van der Waals surface area contributed by atoms with Crippen molar-refractivity contribution in [2.24, 2.45) is 0 Å². The minimum absolute atomic E-state index is 0.0783. The van der Waals surface area contributed by atoms with Crippen molar-refractivity contribution in [2.45, 2.75) is 5.92 Å². The Morgan fingerprint density at radius 1 is 0.840 bits per heavy atom. The van der Waals surface area contributed by atoms with Crippen LogP contribution in [-0.4, -0.2) is 19.7 Å². The topological polar surface area (TPSA) is 35.5 Å². The number of rotatable bonds is 4. The number of carbonyl (C=O) groups excluding carboxylic acids is 1. The minimum atomic E-state index is -0.315. The molecular weight excluding hydrogens is 312 g/mol. The fourth-order valence-corrected chi connectivity index (χ4v) is 3.41. The average Bonchev–Trinajstić information content (AvgIpc) is 3.00. The molecule has 0 saturated heterocycles. The van der Waals surface area contributed by atoms with Gasteiger partial charge in [-0.3, -0.25) is 0 Å². The summed E-state index contributed by atoms with van der Waals surface area (Å²) in [6, 6.07) is 23.6. The van der Waals surface area contributed by atoms with E-state index in [4.69, 9.17) is 9.47 Å². The van der Waals surface area contributed by atoms with E-state index in [1.807, 2.05) is 24.3 Å². The number of benzene rings is 3. The van der Waals surface area contributed by atoms with Crippen LogP contribution in [0.5, 0.6) is 5.75 Å². The number of fused-ring (bicyclic) bond motifs is 3. The van der Waals surface area contributed by atoms with E-state index in [0.717, 1.165) is 5.75 Å². The lowest BCUT2D eigenvalue weighted by Crippen LogP contribution is -2.12. The summed E-state index contributed by atoms with van der Waals surface area (Å²) in [5, 5.41) is 0. The van der Waals surface area contributed by atoms with Crippen LogP contribution < -0.4 is 4.74 Å². The summed E-state index contributed by atoms with van der Waals surface area (Å²) in [6.45, 7) is 0.332. The van der Waals surface area contributed by atoms with Crippen LogP contribution in [0.25, 0.3) is 11.1 Å². The number of methoxy groups -OCH3 is 1. The largest absolute Gasteiger partial charge is 0.497 e. The third-order valence-electron chi connectivity index (χ3n) is 4.67. The predicted molar refractivity (Wildman–Crippen MR) is 97.0 cm³/mol. The first-order valence-corrected chi connectivity index (χ1v) is 8.27. The van der Waals surface area contributed by atoms with Crippen LogP contribution in [0.4, 0.5) is 0 Å². The summed E-state index contributed by atoms with van der Waals surface area (Å²) in [6.07, 6.45) is 0. The molecule has 124 valence electrons. The van der Waals surface area contributed by atoms with Crippen LogP contribution in [0.15, 0.2) is 72.8 Å². The molecule has 0 aliphatic heterocycles. The molecule has 0 bridgehead atoms. The molecule has 1 aliphatic carbocycles. The highest BCUT2D eigenvalue weighted by atomic mass is 16.5. The van der Waals surface area contributed by atoms with E-state index in [2.05, 4.69) is 24.3 Å². The van der Waals surface area contributed by atoms with Crippen molar-refractivity contribution in [3.05, 3.63) is 89.5 Å². The molecule has 0 fully saturated rings. The smallest absolute Gasteiger partial charge is 0.338 e. The van der Waals surface area contributed by atoms with E-state index >= 15 is 0 Å². The fraction of sp³-hybridized carbons (Fsp3) is 0.136. The molecule has 4 rings (SSSR count). The maximum absolute atomic E-state index is 12.4. The number of hydrogen-bond donors (Lipinski definition) is 0. The Hall–Kier alpha value is -3.07. The van der Waals surface area contributed by atoms with Crippen molar-refractivity contribution in [3.8, 4) is 16.9 Å². The molecule has 0 aromatic heterocycles. The quantitative estimate of drug-likeness (QED) is 0.652. The van der Waals surface area contributed by atoms with E-state index in [0.29, 0.717) is 12.2 Å². The predicted octanol–water partition coefficient (Wildman–Crippen LogP) is 4.66. The highest BCUT2D eigenvalue weighted by Gasteiger charge is 2.29. The van der Waals surface area contributed by atoms with E-state index in [1.54, 1.807) is 31.4 Å². The molecule has 1 aliphatic rings. The number of hydrogen-bond acceptors (Lipinski definition) is 3. The Balaban J connectivity index is 1.55. The van der Waals surface area contributed by atoms with Crippen molar-refractivity contribution in [2.75, 3.05) is 13.7 Å². The van der Waals surface area contributed by atoms with Gasteiger partial charge in [0.05, 0.1) is 12.7 Å². The number of ether oxygens (including phenoxy) is 2. The van der Waals surface area contributed by atoms with Crippen LogP contribution in [0.1, 0.15) is 27.4 Å². The summed E-state index contributed by atoms with van der Waals surface area (Å²) in [4.78, 5) is 12.4. The molecule has 0 spiro atoms. The Labute approximate surface area is 146 Å². The highest BCUT2D eigenvalue weighted by molar-refractivity contribution is 5.89. The molecule has 0 unspecified atom stereocenters. The molecule has 0 heterocycles. The molecule has 3 nitrogen and oxygen atoms in total. The number of esters is 1. The van der Waals surface area contributed by atoms with Crippen LogP contribution >= 0.6 is 0 Å². The van der Waals surface area contributed by atoms with E-state index in [1.165, 1.54) is 22.3 Å². The minimum Gasteiger partial charge on any atom is -0.497 e. The standard InChI is InChI=1S/C22H18O3/c1-24-16-12-10-15(11-13-16)22(23)25-14-21-19-8-4-2-6-17(19)18-7-3-5-9-20(18)21/h2-13,21H,14H2,1H3. The van der Waals surface area contributed by atoms with E-state index in [9.17, 15) is 4.79 Å². The van der Waals surface area contributed by atoms with Gasteiger partial charge in [0.15, 0.2) is 0 Å². The van der Waals surface area contributed by atoms with Crippen LogP contribution in [-0.2, 0) is 4.74 Å². The SMILES string of the molecule is COc1ccc(C(=O)OCC2c3ccccc3-c3ccccc32)cc1. The molecule has 25 heavy (non-hydrogen) atoms. The van der Waals surface area contributed by atoms with Gasteiger partial charge < -0.3 is 9.47 Å². The summed E-state index contributed by atoms with van der Waals surface area (Å²) in [5.74, 6) is 0.481. The molecule has 3 aromatic carbocycles. The van der Waals surface area contributed by atoms with Gasteiger partial charge in [0, 0.05) is 5.92 Å². The first kappa shape index (κ1) is 15.5. The van der Waals surface area contributed by atoms with Crippen molar-refractivity contribution in [1.82, 2.24) is 0 Å². The summed E-state index contributed by atoms with van der Waals surface area (Å²) < 4.78 is 10.7. The lowest BCUT2D eigenvalue weighted by molar-refractivity contribution is 0.0493. The zero-order chi connectivity index (χ0) is 17.2. The third-order valence-corrected chi connectivity index (χ3v) is 4.67.